The molecule has 0 spiro atoms. The fraction of sp³-hybridized carbons (Fsp3) is 0.571. The lowest BCUT2D eigenvalue weighted by atomic mass is 10.1. The molecule has 0 bridgehead atoms. The maximum Gasteiger partial charge on any atom is 0.340 e. The Hall–Kier alpha value is -1.78. The quantitative estimate of drug-likeness (QED) is 0.585. The highest BCUT2D eigenvalue weighted by Gasteiger charge is 2.12. The van der Waals surface area contributed by atoms with Crippen LogP contribution in [0.1, 0.15) is 44.0 Å². The molecule has 0 radical (unpaired) electrons. The predicted molar refractivity (Wildman–Crippen MR) is 77.2 cm³/mol. The Morgan fingerprint density at radius 3 is 2.89 bits per heavy atom. The SMILES string of the molecule is CCOC(=O)c1cc(NCCCC(C)C)ncc1N. The number of nitrogens with two attached hydrogens (primary N) is 1. The highest BCUT2D eigenvalue weighted by molar-refractivity contribution is 5.95. The van der Waals surface area contributed by atoms with Crippen molar-refractivity contribution in [3.05, 3.63) is 17.8 Å². The molecule has 0 unspecified atom stereocenters. The molecule has 0 aliphatic rings. The topological polar surface area (TPSA) is 77.2 Å². The first-order valence-electron chi connectivity index (χ1n) is 6.71. The number of carbonyl (C=O) groups excluding carboxylic acids is 1. The van der Waals surface area contributed by atoms with Crippen molar-refractivity contribution in [2.45, 2.75) is 33.6 Å². The van der Waals surface area contributed by atoms with E-state index in [0.29, 0.717) is 29.6 Å². The van der Waals surface area contributed by atoms with Crippen LogP contribution in [0.25, 0.3) is 0 Å². The van der Waals surface area contributed by atoms with Crippen LogP contribution in [0.4, 0.5) is 11.5 Å². The predicted octanol–water partition coefficient (Wildman–Crippen LogP) is 2.69. The first-order chi connectivity index (χ1) is 9.04. The van der Waals surface area contributed by atoms with Crippen LogP contribution in [0, 0.1) is 5.92 Å². The largest absolute Gasteiger partial charge is 0.462 e. The van der Waals surface area contributed by atoms with Gasteiger partial charge in [0, 0.05) is 6.54 Å². The lowest BCUT2D eigenvalue weighted by Gasteiger charge is -2.10. The van der Waals surface area contributed by atoms with Gasteiger partial charge in [-0.25, -0.2) is 9.78 Å². The number of hydrogen-bond donors (Lipinski definition) is 2. The van der Waals surface area contributed by atoms with Crippen LogP contribution in [0.15, 0.2) is 12.3 Å². The number of aromatic nitrogens is 1. The molecule has 1 aromatic heterocycles. The van der Waals surface area contributed by atoms with Gasteiger partial charge in [0.25, 0.3) is 0 Å². The number of anilines is 2. The van der Waals surface area contributed by atoms with Crippen molar-refractivity contribution in [1.82, 2.24) is 4.98 Å². The molecule has 0 saturated carbocycles. The summed E-state index contributed by atoms with van der Waals surface area (Å²) in [7, 11) is 0. The van der Waals surface area contributed by atoms with Crippen molar-refractivity contribution in [2.24, 2.45) is 5.92 Å². The van der Waals surface area contributed by atoms with Crippen LogP contribution in [0.5, 0.6) is 0 Å². The molecule has 0 aromatic carbocycles. The molecular weight excluding hydrogens is 242 g/mol. The lowest BCUT2D eigenvalue weighted by molar-refractivity contribution is 0.0527. The molecule has 19 heavy (non-hydrogen) atoms. The van der Waals surface area contributed by atoms with Gasteiger partial charge in [0.1, 0.15) is 5.82 Å². The van der Waals surface area contributed by atoms with Crippen LogP contribution < -0.4 is 11.1 Å². The van der Waals surface area contributed by atoms with E-state index in [2.05, 4.69) is 24.1 Å². The third-order valence-corrected chi connectivity index (χ3v) is 2.69. The number of esters is 1. The molecule has 0 fully saturated rings. The van der Waals surface area contributed by atoms with Gasteiger partial charge in [0.2, 0.25) is 0 Å². The summed E-state index contributed by atoms with van der Waals surface area (Å²) in [4.78, 5) is 15.8. The van der Waals surface area contributed by atoms with E-state index in [0.717, 1.165) is 19.4 Å². The molecule has 1 rings (SSSR count). The van der Waals surface area contributed by atoms with Gasteiger partial charge in [0.15, 0.2) is 0 Å². The lowest BCUT2D eigenvalue weighted by Crippen LogP contribution is -2.11. The van der Waals surface area contributed by atoms with E-state index in [4.69, 9.17) is 10.5 Å². The summed E-state index contributed by atoms with van der Waals surface area (Å²) in [5, 5.41) is 3.19. The molecule has 106 valence electrons. The first-order valence-corrected chi connectivity index (χ1v) is 6.71. The zero-order valence-electron chi connectivity index (χ0n) is 11.9. The summed E-state index contributed by atoms with van der Waals surface area (Å²) < 4.78 is 4.95. The molecule has 1 aromatic rings. The van der Waals surface area contributed by atoms with Crippen molar-refractivity contribution in [2.75, 3.05) is 24.2 Å². The maximum absolute atomic E-state index is 11.7. The standard InChI is InChI=1S/C14H23N3O2/c1-4-19-14(18)11-8-13(17-9-12(11)15)16-7-5-6-10(2)3/h8-10H,4-7,15H2,1-3H3,(H,16,17). The summed E-state index contributed by atoms with van der Waals surface area (Å²) in [5.74, 6) is 0.935. The van der Waals surface area contributed by atoms with E-state index >= 15 is 0 Å². The number of nitrogens with one attached hydrogen (secondary N) is 1. The summed E-state index contributed by atoms with van der Waals surface area (Å²) in [6.45, 7) is 7.32. The van der Waals surface area contributed by atoms with E-state index in [1.54, 1.807) is 13.0 Å². The van der Waals surface area contributed by atoms with E-state index in [-0.39, 0.29) is 0 Å². The Morgan fingerprint density at radius 1 is 1.53 bits per heavy atom. The maximum atomic E-state index is 11.7. The average Bonchev–Trinajstić information content (AvgIpc) is 2.36. The number of nitrogen functional groups attached to an aromatic ring is 1. The number of hydrogen-bond acceptors (Lipinski definition) is 5. The van der Waals surface area contributed by atoms with Crippen LogP contribution in [0.3, 0.4) is 0 Å². The first kappa shape index (κ1) is 15.3. The van der Waals surface area contributed by atoms with Gasteiger partial charge in [-0.2, -0.15) is 0 Å². The molecular formula is C14H23N3O2. The smallest absolute Gasteiger partial charge is 0.340 e. The van der Waals surface area contributed by atoms with E-state index < -0.39 is 5.97 Å². The van der Waals surface area contributed by atoms with Gasteiger partial charge >= 0.3 is 5.97 Å². The highest BCUT2D eigenvalue weighted by Crippen LogP contribution is 2.16. The van der Waals surface area contributed by atoms with Crippen LogP contribution in [-0.4, -0.2) is 24.1 Å². The third kappa shape index (κ3) is 5.16. The Balaban J connectivity index is 2.60. The Morgan fingerprint density at radius 2 is 2.26 bits per heavy atom. The Bertz CT molecular complexity index is 419. The van der Waals surface area contributed by atoms with Gasteiger partial charge < -0.3 is 15.8 Å². The molecule has 3 N–H and O–H groups in total. The summed E-state index contributed by atoms with van der Waals surface area (Å²) in [5.41, 5.74) is 6.43. The molecule has 5 heteroatoms. The van der Waals surface area contributed by atoms with Crippen LogP contribution in [0.2, 0.25) is 0 Å². The monoisotopic (exact) mass is 265 g/mol. The second-order valence-corrected chi connectivity index (χ2v) is 4.84. The van der Waals surface area contributed by atoms with Crippen molar-refractivity contribution in [3.63, 3.8) is 0 Å². The van der Waals surface area contributed by atoms with Gasteiger partial charge in [-0.1, -0.05) is 13.8 Å². The molecule has 0 aliphatic carbocycles. The summed E-state index contributed by atoms with van der Waals surface area (Å²) >= 11 is 0. The molecule has 5 nitrogen and oxygen atoms in total. The number of pyridine rings is 1. The average molecular weight is 265 g/mol. The Kier molecular flexibility index (Phi) is 6.12. The number of carbonyl (C=O) groups is 1. The normalized spacial score (nSPS) is 10.5. The number of nitrogens with zero attached hydrogens (tertiary/aromatic N) is 1. The van der Waals surface area contributed by atoms with Crippen LogP contribution in [-0.2, 0) is 4.74 Å². The van der Waals surface area contributed by atoms with Gasteiger partial charge in [-0.05, 0) is 31.7 Å². The zero-order valence-corrected chi connectivity index (χ0v) is 11.9. The Labute approximate surface area is 114 Å². The molecule has 1 heterocycles. The van der Waals surface area contributed by atoms with Crippen molar-refractivity contribution in [3.8, 4) is 0 Å². The molecule has 0 saturated heterocycles. The summed E-state index contributed by atoms with van der Waals surface area (Å²) in [6, 6.07) is 1.64. The van der Waals surface area contributed by atoms with Crippen molar-refractivity contribution < 1.29 is 9.53 Å². The fourth-order valence-corrected chi connectivity index (χ4v) is 1.68. The van der Waals surface area contributed by atoms with Gasteiger partial charge in [0.05, 0.1) is 24.1 Å². The van der Waals surface area contributed by atoms with Crippen LogP contribution >= 0.6 is 0 Å². The fourth-order valence-electron chi connectivity index (χ4n) is 1.68. The molecule has 0 atom stereocenters. The minimum absolute atomic E-state index is 0.331. The van der Waals surface area contributed by atoms with E-state index in [1.165, 1.54) is 6.20 Å². The minimum atomic E-state index is -0.410. The van der Waals surface area contributed by atoms with Gasteiger partial charge in [-0.15, -0.1) is 0 Å². The third-order valence-electron chi connectivity index (χ3n) is 2.69. The zero-order chi connectivity index (χ0) is 14.3. The molecule has 0 aliphatic heterocycles. The highest BCUT2D eigenvalue weighted by atomic mass is 16.5. The van der Waals surface area contributed by atoms with Crippen molar-refractivity contribution in [1.29, 1.82) is 0 Å². The van der Waals surface area contributed by atoms with E-state index in [9.17, 15) is 4.79 Å². The second kappa shape index (κ2) is 7.61. The van der Waals surface area contributed by atoms with Gasteiger partial charge in [-0.3, -0.25) is 0 Å². The summed E-state index contributed by atoms with van der Waals surface area (Å²) in [6.07, 6.45) is 3.71. The number of rotatable bonds is 7. The van der Waals surface area contributed by atoms with Crippen molar-refractivity contribution >= 4 is 17.5 Å². The second-order valence-electron chi connectivity index (χ2n) is 4.84. The molecule has 0 amide bonds. The minimum Gasteiger partial charge on any atom is -0.462 e. The number of ether oxygens (including phenoxy) is 1. The van der Waals surface area contributed by atoms with E-state index in [1.807, 2.05) is 0 Å².